The van der Waals surface area contributed by atoms with E-state index in [9.17, 15) is 12.8 Å². The van der Waals surface area contributed by atoms with Crippen LogP contribution in [0.1, 0.15) is 11.5 Å². The number of benzene rings is 1. The summed E-state index contributed by atoms with van der Waals surface area (Å²) in [4.78, 5) is 0. The molecule has 0 spiro atoms. The Morgan fingerprint density at radius 3 is 2.37 bits per heavy atom. The summed E-state index contributed by atoms with van der Waals surface area (Å²) in [5, 5.41) is -0.560. The van der Waals surface area contributed by atoms with Crippen LogP contribution in [0.3, 0.4) is 0 Å². The van der Waals surface area contributed by atoms with Crippen molar-refractivity contribution in [3.63, 3.8) is 0 Å². The second-order valence-electron chi connectivity index (χ2n) is 5.15. The number of sulfone groups is 1. The van der Waals surface area contributed by atoms with Gasteiger partial charge in [0.25, 0.3) is 0 Å². The van der Waals surface area contributed by atoms with Crippen LogP contribution in [0.4, 0.5) is 4.39 Å². The van der Waals surface area contributed by atoms with Gasteiger partial charge in [-0.2, -0.15) is 0 Å². The van der Waals surface area contributed by atoms with E-state index in [1.54, 1.807) is 12.1 Å². The third-order valence-corrected chi connectivity index (χ3v) is 5.53. The molecule has 19 heavy (non-hydrogen) atoms. The molecule has 4 nitrogen and oxygen atoms in total. The topological polar surface area (TPSA) is 69.4 Å². The SMILES string of the molecule is COC[C@@]1(CN)[C@H](c2ccc(F)cc2)[C@@H]1S(C)(=O)=O. The Morgan fingerprint density at radius 2 is 1.95 bits per heavy atom. The number of hydrogen-bond donors (Lipinski definition) is 1. The molecule has 2 rings (SSSR count). The van der Waals surface area contributed by atoms with Crippen LogP contribution in [-0.4, -0.2) is 40.2 Å². The molecule has 1 aromatic rings. The number of rotatable bonds is 5. The fraction of sp³-hybridized carbons (Fsp3) is 0.538. The van der Waals surface area contributed by atoms with E-state index in [0.29, 0.717) is 0 Å². The maximum absolute atomic E-state index is 13.0. The zero-order valence-corrected chi connectivity index (χ0v) is 11.8. The number of hydrogen-bond acceptors (Lipinski definition) is 4. The molecule has 0 aromatic heterocycles. The van der Waals surface area contributed by atoms with Crippen LogP contribution in [-0.2, 0) is 14.6 Å². The average Bonchev–Trinajstić information content (AvgIpc) is 3.00. The second-order valence-corrected chi connectivity index (χ2v) is 7.32. The van der Waals surface area contributed by atoms with Crippen LogP contribution >= 0.6 is 0 Å². The number of halogens is 1. The molecule has 1 aliphatic rings. The monoisotopic (exact) mass is 287 g/mol. The number of nitrogens with two attached hydrogens (primary N) is 1. The van der Waals surface area contributed by atoms with Gasteiger partial charge in [-0.3, -0.25) is 0 Å². The fourth-order valence-corrected chi connectivity index (χ4v) is 5.05. The summed E-state index contributed by atoms with van der Waals surface area (Å²) >= 11 is 0. The summed E-state index contributed by atoms with van der Waals surface area (Å²) in [5.41, 5.74) is 5.98. The molecule has 1 aromatic carbocycles. The standard InChI is InChI=1S/C13H18FNO3S/c1-18-8-13(7-15)11(12(13)19(2,16)17)9-3-5-10(14)6-4-9/h3-6,11-12H,7-8,15H2,1-2H3/t11-,12+,13+/m1/s1. The van der Waals surface area contributed by atoms with Crippen molar-refractivity contribution < 1.29 is 17.5 Å². The normalized spacial score (nSPS) is 30.3. The lowest BCUT2D eigenvalue weighted by Gasteiger charge is -2.14. The Labute approximate surface area is 112 Å². The molecule has 3 atom stereocenters. The van der Waals surface area contributed by atoms with Crippen molar-refractivity contribution >= 4 is 9.84 Å². The second kappa shape index (κ2) is 4.85. The smallest absolute Gasteiger partial charge is 0.151 e. The summed E-state index contributed by atoms with van der Waals surface area (Å²) in [7, 11) is -1.71. The van der Waals surface area contributed by atoms with Crippen LogP contribution in [0.5, 0.6) is 0 Å². The summed E-state index contributed by atoms with van der Waals surface area (Å²) in [6.45, 7) is 0.504. The summed E-state index contributed by atoms with van der Waals surface area (Å²) < 4.78 is 41.9. The van der Waals surface area contributed by atoms with Gasteiger partial charge in [0.1, 0.15) is 5.82 Å². The minimum absolute atomic E-state index is 0.223. The highest BCUT2D eigenvalue weighted by molar-refractivity contribution is 7.91. The van der Waals surface area contributed by atoms with Gasteiger partial charge in [-0.1, -0.05) is 12.1 Å². The molecule has 0 radical (unpaired) electrons. The van der Waals surface area contributed by atoms with Crippen molar-refractivity contribution in [3.8, 4) is 0 Å². The zero-order valence-electron chi connectivity index (χ0n) is 11.0. The first-order valence-electron chi connectivity index (χ1n) is 6.00. The van der Waals surface area contributed by atoms with Gasteiger partial charge < -0.3 is 10.5 Å². The Hall–Kier alpha value is -0.980. The largest absolute Gasteiger partial charge is 0.384 e. The molecule has 0 heterocycles. The maximum Gasteiger partial charge on any atom is 0.151 e. The molecule has 1 aliphatic carbocycles. The molecule has 0 aliphatic heterocycles. The van der Waals surface area contributed by atoms with Gasteiger partial charge in [0.05, 0.1) is 11.9 Å². The van der Waals surface area contributed by atoms with Gasteiger partial charge in [-0.15, -0.1) is 0 Å². The highest BCUT2D eigenvalue weighted by Gasteiger charge is 2.69. The molecule has 1 saturated carbocycles. The van der Waals surface area contributed by atoms with E-state index in [1.807, 2.05) is 0 Å². The summed E-state index contributed by atoms with van der Waals surface area (Å²) in [5.74, 6) is -0.571. The Morgan fingerprint density at radius 1 is 1.37 bits per heavy atom. The first kappa shape index (κ1) is 14.4. The van der Waals surface area contributed by atoms with E-state index in [4.69, 9.17) is 10.5 Å². The van der Waals surface area contributed by atoms with E-state index in [0.717, 1.165) is 5.56 Å². The third kappa shape index (κ3) is 2.40. The predicted molar refractivity (Wildman–Crippen MR) is 71.1 cm³/mol. The van der Waals surface area contributed by atoms with Crippen molar-refractivity contribution in [2.45, 2.75) is 11.2 Å². The van der Waals surface area contributed by atoms with Gasteiger partial charge >= 0.3 is 0 Å². The number of methoxy groups -OCH3 is 1. The average molecular weight is 287 g/mol. The van der Waals surface area contributed by atoms with Crippen LogP contribution in [0.25, 0.3) is 0 Å². The first-order valence-corrected chi connectivity index (χ1v) is 7.95. The van der Waals surface area contributed by atoms with Crippen LogP contribution in [0, 0.1) is 11.2 Å². The van der Waals surface area contributed by atoms with Crippen molar-refractivity contribution in [2.24, 2.45) is 11.1 Å². The van der Waals surface area contributed by atoms with E-state index < -0.39 is 20.5 Å². The minimum atomic E-state index is -3.23. The van der Waals surface area contributed by atoms with Crippen molar-refractivity contribution in [2.75, 3.05) is 26.5 Å². The fourth-order valence-electron chi connectivity index (χ4n) is 3.05. The first-order chi connectivity index (χ1) is 8.86. The molecular formula is C13H18FNO3S. The highest BCUT2D eigenvalue weighted by Crippen LogP contribution is 2.62. The van der Waals surface area contributed by atoms with Gasteiger partial charge in [0.2, 0.25) is 0 Å². The van der Waals surface area contributed by atoms with E-state index >= 15 is 0 Å². The molecule has 0 unspecified atom stereocenters. The zero-order chi connectivity index (χ0) is 14.3. The minimum Gasteiger partial charge on any atom is -0.384 e. The van der Waals surface area contributed by atoms with Crippen LogP contribution in [0.15, 0.2) is 24.3 Å². The van der Waals surface area contributed by atoms with Crippen molar-refractivity contribution in [1.29, 1.82) is 0 Å². The predicted octanol–water partition coefficient (Wildman–Crippen LogP) is 0.928. The molecule has 1 fully saturated rings. The van der Waals surface area contributed by atoms with E-state index in [-0.39, 0.29) is 24.9 Å². The van der Waals surface area contributed by atoms with Gasteiger partial charge in [0, 0.05) is 31.2 Å². The molecule has 6 heteroatoms. The van der Waals surface area contributed by atoms with Crippen molar-refractivity contribution in [1.82, 2.24) is 0 Å². The molecule has 0 amide bonds. The Balaban J connectivity index is 2.40. The summed E-state index contributed by atoms with van der Waals surface area (Å²) in [6.07, 6.45) is 1.21. The molecule has 2 N–H and O–H groups in total. The van der Waals surface area contributed by atoms with E-state index in [1.165, 1.54) is 25.5 Å². The lowest BCUT2D eigenvalue weighted by Crippen LogP contribution is -2.28. The van der Waals surface area contributed by atoms with Gasteiger partial charge in [0.15, 0.2) is 9.84 Å². The Bertz CT molecular complexity index is 558. The lowest BCUT2D eigenvalue weighted by molar-refractivity contribution is 0.142. The van der Waals surface area contributed by atoms with Gasteiger partial charge in [-0.25, -0.2) is 12.8 Å². The maximum atomic E-state index is 13.0. The van der Waals surface area contributed by atoms with E-state index in [2.05, 4.69) is 0 Å². The molecule has 0 bridgehead atoms. The van der Waals surface area contributed by atoms with Crippen LogP contribution in [0.2, 0.25) is 0 Å². The molecule has 0 saturated heterocycles. The third-order valence-electron chi connectivity index (χ3n) is 3.86. The lowest BCUT2D eigenvalue weighted by atomic mass is 10.00. The molecular weight excluding hydrogens is 269 g/mol. The molecule has 106 valence electrons. The van der Waals surface area contributed by atoms with Gasteiger partial charge in [-0.05, 0) is 17.7 Å². The van der Waals surface area contributed by atoms with Crippen LogP contribution < -0.4 is 5.73 Å². The quantitative estimate of drug-likeness (QED) is 0.874. The highest BCUT2D eigenvalue weighted by atomic mass is 32.2. The van der Waals surface area contributed by atoms with Crippen molar-refractivity contribution in [3.05, 3.63) is 35.6 Å². The number of ether oxygens (including phenoxy) is 1. The Kier molecular flexibility index (Phi) is 3.68. The summed E-state index contributed by atoms with van der Waals surface area (Å²) in [6, 6.07) is 5.90.